The second kappa shape index (κ2) is 6.39. The van der Waals surface area contributed by atoms with Crippen LogP contribution >= 0.6 is 0 Å². The lowest BCUT2D eigenvalue weighted by atomic mass is 9.72. The predicted octanol–water partition coefficient (Wildman–Crippen LogP) is 2.87. The quantitative estimate of drug-likeness (QED) is 0.753. The lowest BCUT2D eigenvalue weighted by molar-refractivity contribution is -0.145. The summed E-state index contributed by atoms with van der Waals surface area (Å²) in [4.78, 5) is 11.5. The molecule has 3 nitrogen and oxygen atoms in total. The smallest absolute Gasteiger partial charge is 0.307 e. The normalized spacial score (nSPS) is 29.4. The van der Waals surface area contributed by atoms with Gasteiger partial charge in [-0.15, -0.1) is 0 Å². The van der Waals surface area contributed by atoms with Crippen LogP contribution in [-0.4, -0.2) is 18.1 Å². The zero-order valence-corrected chi connectivity index (χ0v) is 11.5. The Balaban J connectivity index is 2.48. The molecule has 100 valence electrons. The molecule has 0 aromatic carbocycles. The molecule has 1 fully saturated rings. The maximum Gasteiger partial charge on any atom is 0.307 e. The van der Waals surface area contributed by atoms with Gasteiger partial charge in [0.25, 0.3) is 0 Å². The molecule has 0 aliphatic heterocycles. The van der Waals surface area contributed by atoms with Crippen LogP contribution in [0.3, 0.4) is 0 Å². The minimum Gasteiger partial charge on any atom is -0.466 e. The zero-order valence-electron chi connectivity index (χ0n) is 11.5. The highest BCUT2D eigenvalue weighted by Gasteiger charge is 2.35. The molecule has 2 unspecified atom stereocenters. The van der Waals surface area contributed by atoms with E-state index >= 15 is 0 Å². The van der Waals surface area contributed by atoms with Crippen LogP contribution in [0.5, 0.6) is 0 Å². The molecule has 1 aliphatic rings. The Morgan fingerprint density at radius 2 is 2.24 bits per heavy atom. The van der Waals surface area contributed by atoms with Gasteiger partial charge in [0.15, 0.2) is 0 Å². The van der Waals surface area contributed by atoms with Gasteiger partial charge in [-0.2, -0.15) is 0 Å². The summed E-state index contributed by atoms with van der Waals surface area (Å²) in [5, 5.41) is 0. The van der Waals surface area contributed by atoms with Crippen LogP contribution in [0.1, 0.15) is 59.3 Å². The number of carbonyl (C=O) groups excluding carboxylic acids is 1. The van der Waals surface area contributed by atoms with Gasteiger partial charge in [0.1, 0.15) is 0 Å². The van der Waals surface area contributed by atoms with E-state index in [1.807, 2.05) is 6.92 Å². The van der Waals surface area contributed by atoms with E-state index in [9.17, 15) is 4.79 Å². The van der Waals surface area contributed by atoms with Crippen LogP contribution in [0.4, 0.5) is 0 Å². The van der Waals surface area contributed by atoms with Crippen LogP contribution in [0, 0.1) is 11.8 Å². The van der Waals surface area contributed by atoms with Crippen LogP contribution < -0.4 is 5.73 Å². The highest BCUT2D eigenvalue weighted by molar-refractivity contribution is 5.70. The van der Waals surface area contributed by atoms with E-state index in [-0.39, 0.29) is 11.5 Å². The fourth-order valence-electron chi connectivity index (χ4n) is 3.05. The molecule has 2 atom stereocenters. The standard InChI is InChI=1S/C14H27NO2/c1-4-17-13(16)10-14(15)7-5-6-12(9-14)8-11(2)3/h11-12H,4-10,15H2,1-3H3. The summed E-state index contributed by atoms with van der Waals surface area (Å²) in [6.07, 6.45) is 5.95. The van der Waals surface area contributed by atoms with Crippen molar-refractivity contribution in [2.45, 2.75) is 64.8 Å². The van der Waals surface area contributed by atoms with Gasteiger partial charge < -0.3 is 10.5 Å². The highest BCUT2D eigenvalue weighted by Crippen LogP contribution is 2.36. The number of esters is 1. The van der Waals surface area contributed by atoms with Crippen LogP contribution in [0.25, 0.3) is 0 Å². The minimum atomic E-state index is -0.315. The Kier molecular flexibility index (Phi) is 5.44. The molecule has 0 saturated heterocycles. The van der Waals surface area contributed by atoms with E-state index in [1.54, 1.807) is 0 Å². The first-order valence-corrected chi connectivity index (χ1v) is 6.89. The van der Waals surface area contributed by atoms with Crippen molar-refractivity contribution in [1.29, 1.82) is 0 Å². The van der Waals surface area contributed by atoms with Gasteiger partial charge in [-0.1, -0.05) is 26.7 Å². The molecule has 0 aromatic rings. The molecule has 1 saturated carbocycles. The molecule has 17 heavy (non-hydrogen) atoms. The SMILES string of the molecule is CCOC(=O)CC1(N)CCCC(CC(C)C)C1. The molecule has 1 rings (SSSR count). The third kappa shape index (κ3) is 5.07. The molecule has 0 heterocycles. The van der Waals surface area contributed by atoms with Gasteiger partial charge in [-0.05, 0) is 38.0 Å². The fourth-order valence-corrected chi connectivity index (χ4v) is 3.05. The van der Waals surface area contributed by atoms with Crippen LogP contribution in [0.15, 0.2) is 0 Å². The molecule has 0 bridgehead atoms. The van der Waals surface area contributed by atoms with Crippen LogP contribution in [0.2, 0.25) is 0 Å². The molecule has 1 aliphatic carbocycles. The second-order valence-corrected chi connectivity index (χ2v) is 5.94. The van der Waals surface area contributed by atoms with E-state index in [1.165, 1.54) is 12.8 Å². The van der Waals surface area contributed by atoms with Crippen molar-refractivity contribution in [3.8, 4) is 0 Å². The Hall–Kier alpha value is -0.570. The largest absolute Gasteiger partial charge is 0.466 e. The summed E-state index contributed by atoms with van der Waals surface area (Å²) in [6.45, 7) is 6.78. The number of ether oxygens (including phenoxy) is 1. The number of nitrogens with two attached hydrogens (primary N) is 1. The first-order valence-electron chi connectivity index (χ1n) is 6.89. The van der Waals surface area contributed by atoms with Gasteiger partial charge in [0, 0.05) is 5.54 Å². The Morgan fingerprint density at radius 1 is 1.53 bits per heavy atom. The van der Waals surface area contributed by atoms with Gasteiger partial charge in [-0.25, -0.2) is 0 Å². The van der Waals surface area contributed by atoms with Crippen LogP contribution in [-0.2, 0) is 9.53 Å². The topological polar surface area (TPSA) is 52.3 Å². The van der Waals surface area contributed by atoms with Gasteiger partial charge in [-0.3, -0.25) is 4.79 Å². The number of hydrogen-bond acceptors (Lipinski definition) is 3. The van der Waals surface area contributed by atoms with Gasteiger partial charge >= 0.3 is 5.97 Å². The summed E-state index contributed by atoms with van der Waals surface area (Å²) in [6, 6.07) is 0. The number of rotatable bonds is 5. The monoisotopic (exact) mass is 241 g/mol. The minimum absolute atomic E-state index is 0.139. The molecule has 0 aromatic heterocycles. The van der Waals surface area contributed by atoms with E-state index in [2.05, 4.69) is 13.8 Å². The summed E-state index contributed by atoms with van der Waals surface area (Å²) in [5.41, 5.74) is 6.04. The first-order chi connectivity index (χ1) is 7.95. The summed E-state index contributed by atoms with van der Waals surface area (Å²) < 4.78 is 5.01. The Bertz CT molecular complexity index is 253. The number of carbonyl (C=O) groups is 1. The van der Waals surface area contributed by atoms with Gasteiger partial charge in [0.2, 0.25) is 0 Å². The van der Waals surface area contributed by atoms with Crippen molar-refractivity contribution >= 4 is 5.97 Å². The molecule has 0 radical (unpaired) electrons. The van der Waals surface area contributed by atoms with Crippen molar-refractivity contribution in [3.05, 3.63) is 0 Å². The maximum atomic E-state index is 11.5. The average molecular weight is 241 g/mol. The lowest BCUT2D eigenvalue weighted by Crippen LogP contribution is -2.46. The van der Waals surface area contributed by atoms with E-state index in [0.717, 1.165) is 19.3 Å². The fraction of sp³-hybridized carbons (Fsp3) is 0.929. The second-order valence-electron chi connectivity index (χ2n) is 5.94. The molecule has 2 N–H and O–H groups in total. The van der Waals surface area contributed by atoms with Crippen molar-refractivity contribution in [2.75, 3.05) is 6.61 Å². The van der Waals surface area contributed by atoms with Crippen molar-refractivity contribution in [1.82, 2.24) is 0 Å². The first kappa shape index (κ1) is 14.5. The summed E-state index contributed by atoms with van der Waals surface area (Å²) in [7, 11) is 0. The molecular weight excluding hydrogens is 214 g/mol. The lowest BCUT2D eigenvalue weighted by Gasteiger charge is -2.38. The van der Waals surface area contributed by atoms with Crippen molar-refractivity contribution < 1.29 is 9.53 Å². The molecule has 0 spiro atoms. The zero-order chi connectivity index (χ0) is 12.9. The summed E-state index contributed by atoms with van der Waals surface area (Å²) >= 11 is 0. The number of hydrogen-bond donors (Lipinski definition) is 1. The Labute approximate surface area is 105 Å². The van der Waals surface area contributed by atoms with E-state index < -0.39 is 0 Å². The maximum absolute atomic E-state index is 11.5. The summed E-state index contributed by atoms with van der Waals surface area (Å²) in [5.74, 6) is 1.26. The van der Waals surface area contributed by atoms with Gasteiger partial charge in [0.05, 0.1) is 13.0 Å². The molecule has 0 amide bonds. The van der Waals surface area contributed by atoms with E-state index in [4.69, 9.17) is 10.5 Å². The third-order valence-corrected chi connectivity index (χ3v) is 3.59. The molecular formula is C14H27NO2. The highest BCUT2D eigenvalue weighted by atomic mass is 16.5. The van der Waals surface area contributed by atoms with Crippen molar-refractivity contribution in [3.63, 3.8) is 0 Å². The third-order valence-electron chi connectivity index (χ3n) is 3.59. The average Bonchev–Trinajstić information content (AvgIpc) is 2.15. The Morgan fingerprint density at radius 3 is 2.82 bits per heavy atom. The van der Waals surface area contributed by atoms with E-state index in [0.29, 0.717) is 24.9 Å². The molecule has 3 heteroatoms. The predicted molar refractivity (Wildman–Crippen MR) is 69.6 cm³/mol. The van der Waals surface area contributed by atoms with Crippen molar-refractivity contribution in [2.24, 2.45) is 17.6 Å².